The Balaban J connectivity index is 1.77. The number of aliphatic hydroxyl groups is 1. The number of fused-ring (bicyclic) bond motifs is 1. The number of nitro groups is 1. The summed E-state index contributed by atoms with van der Waals surface area (Å²) in [6.07, 6.45) is -1.34. The lowest BCUT2D eigenvalue weighted by Crippen LogP contribution is -2.18. The van der Waals surface area contributed by atoms with Gasteiger partial charge in [0.15, 0.2) is 0 Å². The molecular weight excluding hydrogens is 332 g/mol. The van der Waals surface area contributed by atoms with Crippen LogP contribution in [0.2, 0.25) is 0 Å². The Bertz CT molecular complexity index is 1010. The van der Waals surface area contributed by atoms with E-state index in [1.54, 1.807) is 6.07 Å². The maximum absolute atomic E-state index is 12.4. The van der Waals surface area contributed by atoms with E-state index in [0.29, 0.717) is 5.69 Å². The van der Waals surface area contributed by atoms with Gasteiger partial charge in [0.05, 0.1) is 4.92 Å². The zero-order valence-electron chi connectivity index (χ0n) is 13.8. The van der Waals surface area contributed by atoms with E-state index in [4.69, 9.17) is 0 Å². The fraction of sp³-hybridized carbons (Fsp3) is 0.0500. The van der Waals surface area contributed by atoms with Crippen molar-refractivity contribution >= 4 is 28.1 Å². The number of hydrogen-bond acceptors (Lipinski definition) is 4. The molecule has 130 valence electrons. The van der Waals surface area contributed by atoms with Crippen molar-refractivity contribution in [2.45, 2.75) is 6.10 Å². The van der Waals surface area contributed by atoms with E-state index in [-0.39, 0.29) is 16.8 Å². The number of rotatable bonds is 5. The normalized spacial score (nSPS) is 11.7. The van der Waals surface area contributed by atoms with Crippen molar-refractivity contribution in [1.82, 2.24) is 0 Å². The van der Waals surface area contributed by atoms with Crippen LogP contribution in [0, 0.1) is 10.1 Å². The second-order valence-corrected chi connectivity index (χ2v) is 5.80. The second-order valence-electron chi connectivity index (χ2n) is 5.80. The molecule has 26 heavy (non-hydrogen) atoms. The molecule has 0 radical (unpaired) electrons. The average Bonchev–Trinajstić information content (AvgIpc) is 2.66. The lowest BCUT2D eigenvalue weighted by atomic mass is 10.0. The predicted molar refractivity (Wildman–Crippen MR) is 99.8 cm³/mol. The summed E-state index contributed by atoms with van der Waals surface area (Å²) in [5.41, 5.74) is 0.543. The van der Waals surface area contributed by atoms with E-state index in [1.165, 1.54) is 24.3 Å². The number of hydrogen-bond donors (Lipinski definition) is 2. The first-order valence-corrected chi connectivity index (χ1v) is 7.87. The maximum Gasteiger partial charge on any atom is 0.269 e. The zero-order chi connectivity index (χ0) is 18.7. The molecule has 3 aromatic rings. The molecular formula is C20H16N2O4. The van der Waals surface area contributed by atoms with E-state index in [9.17, 15) is 20.0 Å². The van der Waals surface area contributed by atoms with Crippen LogP contribution >= 0.6 is 0 Å². The van der Waals surface area contributed by atoms with E-state index in [2.05, 4.69) is 11.9 Å². The fourth-order valence-corrected chi connectivity index (χ4v) is 2.61. The van der Waals surface area contributed by atoms with Crippen molar-refractivity contribution < 1.29 is 14.8 Å². The van der Waals surface area contributed by atoms with Crippen LogP contribution in [-0.4, -0.2) is 15.9 Å². The van der Waals surface area contributed by atoms with Crippen molar-refractivity contribution in [3.05, 3.63) is 94.6 Å². The van der Waals surface area contributed by atoms with Gasteiger partial charge in [0, 0.05) is 23.4 Å². The molecule has 0 saturated carbocycles. The van der Waals surface area contributed by atoms with Crippen LogP contribution in [0.15, 0.2) is 78.9 Å². The average molecular weight is 348 g/mol. The Morgan fingerprint density at radius 3 is 2.50 bits per heavy atom. The Morgan fingerprint density at radius 1 is 1.04 bits per heavy atom. The quantitative estimate of drug-likeness (QED) is 0.414. The third-order valence-corrected chi connectivity index (χ3v) is 4.03. The zero-order valence-corrected chi connectivity index (χ0v) is 13.8. The van der Waals surface area contributed by atoms with Crippen LogP contribution in [0.4, 0.5) is 11.4 Å². The summed E-state index contributed by atoms with van der Waals surface area (Å²) in [6, 6.07) is 18.7. The van der Waals surface area contributed by atoms with Crippen LogP contribution in [-0.2, 0) is 4.79 Å². The largest absolute Gasteiger partial charge is 0.383 e. The predicted octanol–water partition coefficient (Wildman–Crippen LogP) is 3.98. The smallest absolute Gasteiger partial charge is 0.269 e. The number of carbonyl (C=O) groups is 1. The van der Waals surface area contributed by atoms with Crippen molar-refractivity contribution in [3.63, 3.8) is 0 Å². The van der Waals surface area contributed by atoms with E-state index in [1.807, 2.05) is 36.4 Å². The molecule has 0 heterocycles. The minimum absolute atomic E-state index is 0.0985. The molecule has 0 fully saturated rings. The van der Waals surface area contributed by atoms with E-state index >= 15 is 0 Å². The summed E-state index contributed by atoms with van der Waals surface area (Å²) in [7, 11) is 0. The van der Waals surface area contributed by atoms with Gasteiger partial charge in [-0.2, -0.15) is 0 Å². The number of nitro benzene ring substituents is 1. The lowest BCUT2D eigenvalue weighted by molar-refractivity contribution is -0.385. The summed E-state index contributed by atoms with van der Waals surface area (Å²) in [5, 5.41) is 25.9. The Kier molecular flexibility index (Phi) is 4.77. The first-order chi connectivity index (χ1) is 12.5. The SMILES string of the molecule is C=C(C(=O)Nc1ccc2ccccc2c1)C(O)c1cccc([N+](=O)[O-])c1. The van der Waals surface area contributed by atoms with E-state index in [0.717, 1.165) is 10.8 Å². The number of nitrogens with one attached hydrogen (secondary N) is 1. The van der Waals surface area contributed by atoms with Gasteiger partial charge in [0.25, 0.3) is 11.6 Å². The maximum atomic E-state index is 12.4. The van der Waals surface area contributed by atoms with Crippen molar-refractivity contribution in [1.29, 1.82) is 0 Å². The summed E-state index contributed by atoms with van der Waals surface area (Å²) in [6.45, 7) is 3.63. The molecule has 1 amide bonds. The highest BCUT2D eigenvalue weighted by Crippen LogP contribution is 2.25. The molecule has 1 atom stereocenters. The van der Waals surface area contributed by atoms with Gasteiger partial charge in [-0.15, -0.1) is 0 Å². The minimum Gasteiger partial charge on any atom is -0.383 e. The number of nitrogens with zero attached hydrogens (tertiary/aromatic N) is 1. The minimum atomic E-state index is -1.34. The van der Waals surface area contributed by atoms with Crippen LogP contribution in [0.5, 0.6) is 0 Å². The van der Waals surface area contributed by atoms with Gasteiger partial charge in [-0.1, -0.05) is 49.0 Å². The molecule has 3 aromatic carbocycles. The van der Waals surface area contributed by atoms with Crippen molar-refractivity contribution in [2.75, 3.05) is 5.32 Å². The highest BCUT2D eigenvalue weighted by molar-refractivity contribution is 6.05. The summed E-state index contributed by atoms with van der Waals surface area (Å²) in [4.78, 5) is 22.7. The van der Waals surface area contributed by atoms with Gasteiger partial charge in [0.2, 0.25) is 0 Å². The summed E-state index contributed by atoms with van der Waals surface area (Å²) >= 11 is 0. The monoisotopic (exact) mass is 348 g/mol. The molecule has 1 unspecified atom stereocenters. The van der Waals surface area contributed by atoms with Crippen LogP contribution in [0.25, 0.3) is 10.8 Å². The molecule has 6 nitrogen and oxygen atoms in total. The number of non-ortho nitro benzene ring substituents is 1. The number of carbonyl (C=O) groups excluding carboxylic acids is 1. The van der Waals surface area contributed by atoms with Gasteiger partial charge in [-0.25, -0.2) is 0 Å². The fourth-order valence-electron chi connectivity index (χ4n) is 2.61. The van der Waals surface area contributed by atoms with Crippen molar-refractivity contribution in [2.24, 2.45) is 0 Å². The van der Waals surface area contributed by atoms with Gasteiger partial charge in [-0.3, -0.25) is 14.9 Å². The molecule has 0 saturated heterocycles. The Morgan fingerprint density at radius 2 is 1.77 bits per heavy atom. The third kappa shape index (κ3) is 3.60. The van der Waals surface area contributed by atoms with Gasteiger partial charge < -0.3 is 10.4 Å². The second kappa shape index (κ2) is 7.16. The molecule has 0 aliphatic heterocycles. The highest BCUT2D eigenvalue weighted by Gasteiger charge is 2.20. The topological polar surface area (TPSA) is 92.5 Å². The summed E-state index contributed by atoms with van der Waals surface area (Å²) < 4.78 is 0. The van der Waals surface area contributed by atoms with Crippen LogP contribution in [0.3, 0.4) is 0 Å². The number of aliphatic hydroxyl groups excluding tert-OH is 1. The number of benzene rings is 3. The molecule has 0 aliphatic carbocycles. The van der Waals surface area contributed by atoms with Crippen molar-refractivity contribution in [3.8, 4) is 0 Å². The molecule has 3 rings (SSSR count). The van der Waals surface area contributed by atoms with Gasteiger partial charge in [-0.05, 0) is 28.5 Å². The first kappa shape index (κ1) is 17.3. The molecule has 0 aliphatic rings. The van der Waals surface area contributed by atoms with Crippen LogP contribution < -0.4 is 5.32 Å². The molecule has 2 N–H and O–H groups in total. The summed E-state index contributed by atoms with van der Waals surface area (Å²) in [5.74, 6) is -0.556. The molecule has 0 aromatic heterocycles. The lowest BCUT2D eigenvalue weighted by Gasteiger charge is -2.14. The van der Waals surface area contributed by atoms with Gasteiger partial charge in [0.1, 0.15) is 6.10 Å². The first-order valence-electron chi connectivity index (χ1n) is 7.87. The Labute approximate surface area is 149 Å². The van der Waals surface area contributed by atoms with Crippen LogP contribution in [0.1, 0.15) is 11.7 Å². The highest BCUT2D eigenvalue weighted by atomic mass is 16.6. The Hall–Kier alpha value is -3.51. The van der Waals surface area contributed by atoms with E-state index < -0.39 is 16.9 Å². The number of amides is 1. The third-order valence-electron chi connectivity index (χ3n) is 4.03. The molecule has 6 heteroatoms. The molecule has 0 bridgehead atoms. The number of anilines is 1. The standard InChI is InChI=1S/C20H16N2O4/c1-13(19(23)16-7-4-8-18(12-16)22(25)26)20(24)21-17-10-9-14-5-2-3-6-15(14)11-17/h2-12,19,23H,1H2,(H,21,24). The molecule has 0 spiro atoms. The van der Waals surface area contributed by atoms with Gasteiger partial charge >= 0.3 is 0 Å².